The number of hydrogen-bond donors (Lipinski definition) is 2. The SMILES string of the molecule is COC1=CC2CC(C(=O)O)NC(c3ccc4c(c3)OCO4)C2C=C1OC. The van der Waals surface area contributed by atoms with Crippen molar-refractivity contribution < 1.29 is 28.8 Å². The molecular weight excluding hydrogens is 338 g/mol. The van der Waals surface area contributed by atoms with Gasteiger partial charge in [0.25, 0.3) is 0 Å². The van der Waals surface area contributed by atoms with Crippen LogP contribution < -0.4 is 14.8 Å². The van der Waals surface area contributed by atoms with Crippen LogP contribution in [0, 0.1) is 11.8 Å². The molecule has 138 valence electrons. The van der Waals surface area contributed by atoms with Gasteiger partial charge in [0.2, 0.25) is 6.79 Å². The third-order valence-electron chi connectivity index (χ3n) is 5.21. The van der Waals surface area contributed by atoms with E-state index in [-0.39, 0.29) is 24.7 Å². The number of carboxylic acid groups (broad SMARTS) is 1. The van der Waals surface area contributed by atoms with E-state index < -0.39 is 12.0 Å². The number of benzene rings is 1. The van der Waals surface area contributed by atoms with E-state index in [1.165, 1.54) is 0 Å². The molecule has 0 spiro atoms. The fourth-order valence-electron chi connectivity index (χ4n) is 3.94. The Morgan fingerprint density at radius 1 is 1.15 bits per heavy atom. The molecule has 4 rings (SSSR count). The Bertz CT molecular complexity index is 786. The fourth-order valence-corrected chi connectivity index (χ4v) is 3.94. The van der Waals surface area contributed by atoms with Gasteiger partial charge in [-0.25, -0.2) is 0 Å². The van der Waals surface area contributed by atoms with Gasteiger partial charge in [-0.05, 0) is 42.2 Å². The van der Waals surface area contributed by atoms with Gasteiger partial charge in [0, 0.05) is 12.0 Å². The maximum absolute atomic E-state index is 11.7. The van der Waals surface area contributed by atoms with Crippen molar-refractivity contribution in [3.05, 3.63) is 47.4 Å². The average molecular weight is 359 g/mol. The maximum atomic E-state index is 11.7. The Balaban J connectivity index is 1.73. The lowest BCUT2D eigenvalue weighted by atomic mass is 9.73. The average Bonchev–Trinajstić information content (AvgIpc) is 3.13. The van der Waals surface area contributed by atoms with Crippen LogP contribution >= 0.6 is 0 Å². The predicted octanol–water partition coefficient (Wildman–Crippen LogP) is 2.21. The van der Waals surface area contributed by atoms with Gasteiger partial charge in [0.1, 0.15) is 6.04 Å². The van der Waals surface area contributed by atoms with Crippen LogP contribution in [0.1, 0.15) is 18.0 Å². The minimum atomic E-state index is -0.858. The molecule has 2 heterocycles. The molecule has 7 nitrogen and oxygen atoms in total. The van der Waals surface area contributed by atoms with E-state index >= 15 is 0 Å². The number of aliphatic carboxylic acids is 1. The molecule has 1 aromatic rings. The molecule has 3 aliphatic rings. The van der Waals surface area contributed by atoms with Gasteiger partial charge < -0.3 is 24.1 Å². The van der Waals surface area contributed by atoms with Crippen molar-refractivity contribution in [2.75, 3.05) is 21.0 Å². The zero-order valence-corrected chi connectivity index (χ0v) is 14.6. The van der Waals surface area contributed by atoms with Crippen molar-refractivity contribution in [2.24, 2.45) is 11.8 Å². The van der Waals surface area contributed by atoms with Crippen LogP contribution in [0.3, 0.4) is 0 Å². The number of carbonyl (C=O) groups is 1. The number of piperidine rings is 1. The van der Waals surface area contributed by atoms with E-state index in [2.05, 4.69) is 5.32 Å². The minimum absolute atomic E-state index is 0.0293. The Morgan fingerprint density at radius 2 is 1.88 bits per heavy atom. The number of nitrogens with one attached hydrogen (secondary N) is 1. The number of ether oxygens (including phenoxy) is 4. The highest BCUT2D eigenvalue weighted by Gasteiger charge is 2.42. The topological polar surface area (TPSA) is 86.3 Å². The fraction of sp³-hybridized carbons (Fsp3) is 0.421. The highest BCUT2D eigenvalue weighted by molar-refractivity contribution is 5.74. The van der Waals surface area contributed by atoms with Gasteiger partial charge in [0.15, 0.2) is 23.0 Å². The first-order valence-corrected chi connectivity index (χ1v) is 8.51. The van der Waals surface area contributed by atoms with Gasteiger partial charge in [-0.2, -0.15) is 0 Å². The third kappa shape index (κ3) is 2.78. The van der Waals surface area contributed by atoms with Crippen LogP contribution in [0.15, 0.2) is 41.9 Å². The molecule has 1 saturated heterocycles. The summed E-state index contributed by atoms with van der Waals surface area (Å²) in [5.74, 6) is 1.90. The molecule has 7 heteroatoms. The Labute approximate surface area is 151 Å². The number of rotatable bonds is 4. The normalized spacial score (nSPS) is 29.3. The molecule has 0 bridgehead atoms. The molecule has 2 N–H and O–H groups in total. The summed E-state index contributed by atoms with van der Waals surface area (Å²) in [5.41, 5.74) is 0.955. The van der Waals surface area contributed by atoms with Crippen LogP contribution in [0.25, 0.3) is 0 Å². The number of hydrogen-bond acceptors (Lipinski definition) is 6. The summed E-state index contributed by atoms with van der Waals surface area (Å²) >= 11 is 0. The van der Waals surface area contributed by atoms with E-state index in [1.807, 2.05) is 30.4 Å². The monoisotopic (exact) mass is 359 g/mol. The second-order valence-electron chi connectivity index (χ2n) is 6.59. The number of fused-ring (bicyclic) bond motifs is 2. The summed E-state index contributed by atoms with van der Waals surface area (Å²) < 4.78 is 21.7. The quantitative estimate of drug-likeness (QED) is 0.852. The molecule has 4 unspecified atom stereocenters. The van der Waals surface area contributed by atoms with Gasteiger partial charge in [0.05, 0.1) is 14.2 Å². The van der Waals surface area contributed by atoms with Gasteiger partial charge in [-0.3, -0.25) is 10.1 Å². The van der Waals surface area contributed by atoms with E-state index in [1.54, 1.807) is 14.2 Å². The van der Waals surface area contributed by atoms with Crippen molar-refractivity contribution in [2.45, 2.75) is 18.5 Å². The molecule has 1 aromatic carbocycles. The largest absolute Gasteiger partial charge is 0.493 e. The van der Waals surface area contributed by atoms with Gasteiger partial charge >= 0.3 is 5.97 Å². The minimum Gasteiger partial charge on any atom is -0.493 e. The summed E-state index contributed by atoms with van der Waals surface area (Å²) in [5, 5.41) is 12.8. The number of allylic oxidation sites excluding steroid dienone is 1. The van der Waals surface area contributed by atoms with E-state index in [4.69, 9.17) is 18.9 Å². The van der Waals surface area contributed by atoms with E-state index in [0.29, 0.717) is 29.4 Å². The molecule has 1 aliphatic carbocycles. The summed E-state index contributed by atoms with van der Waals surface area (Å²) in [6.45, 7) is 0.203. The lowest BCUT2D eigenvalue weighted by molar-refractivity contribution is -0.141. The van der Waals surface area contributed by atoms with Crippen molar-refractivity contribution in [3.8, 4) is 11.5 Å². The molecule has 0 amide bonds. The summed E-state index contributed by atoms with van der Waals surface area (Å²) in [4.78, 5) is 11.7. The lowest BCUT2D eigenvalue weighted by Crippen LogP contribution is -2.49. The first-order chi connectivity index (χ1) is 12.6. The Kier molecular flexibility index (Phi) is 4.24. The molecule has 26 heavy (non-hydrogen) atoms. The predicted molar refractivity (Wildman–Crippen MR) is 91.6 cm³/mol. The first-order valence-electron chi connectivity index (χ1n) is 8.51. The molecule has 0 saturated carbocycles. The Morgan fingerprint density at radius 3 is 2.62 bits per heavy atom. The van der Waals surface area contributed by atoms with Crippen LogP contribution in [-0.4, -0.2) is 38.1 Å². The zero-order chi connectivity index (χ0) is 18.3. The maximum Gasteiger partial charge on any atom is 0.320 e. The van der Waals surface area contributed by atoms with Crippen LogP contribution in [0.5, 0.6) is 11.5 Å². The standard InChI is InChI=1S/C19H21NO6/c1-23-15-7-11-5-13(19(21)22)20-18(12(11)8-16(15)24-2)10-3-4-14-17(6-10)26-9-25-14/h3-4,6-8,11-13,18,20H,5,9H2,1-2H3,(H,21,22). The summed E-state index contributed by atoms with van der Waals surface area (Å²) in [6, 6.07) is 4.89. The van der Waals surface area contributed by atoms with E-state index in [9.17, 15) is 9.90 Å². The van der Waals surface area contributed by atoms with Crippen molar-refractivity contribution in [1.29, 1.82) is 0 Å². The third-order valence-corrected chi connectivity index (χ3v) is 5.21. The zero-order valence-electron chi connectivity index (χ0n) is 14.6. The highest BCUT2D eigenvalue weighted by atomic mass is 16.7. The van der Waals surface area contributed by atoms with Crippen molar-refractivity contribution >= 4 is 5.97 Å². The van der Waals surface area contributed by atoms with Crippen molar-refractivity contribution in [3.63, 3.8) is 0 Å². The molecular formula is C19H21NO6. The second-order valence-corrected chi connectivity index (χ2v) is 6.59. The Hall–Kier alpha value is -2.67. The lowest BCUT2D eigenvalue weighted by Gasteiger charge is -2.41. The molecule has 0 radical (unpaired) electrons. The summed E-state index contributed by atoms with van der Waals surface area (Å²) in [7, 11) is 3.19. The molecule has 1 fully saturated rings. The van der Waals surface area contributed by atoms with Crippen LogP contribution in [0.2, 0.25) is 0 Å². The smallest absolute Gasteiger partial charge is 0.320 e. The van der Waals surface area contributed by atoms with E-state index in [0.717, 1.165) is 5.56 Å². The van der Waals surface area contributed by atoms with Gasteiger partial charge in [-0.1, -0.05) is 6.07 Å². The van der Waals surface area contributed by atoms with Crippen molar-refractivity contribution in [1.82, 2.24) is 5.32 Å². The second kappa shape index (κ2) is 6.57. The molecule has 4 atom stereocenters. The molecule has 0 aromatic heterocycles. The van der Waals surface area contributed by atoms with Crippen LogP contribution in [-0.2, 0) is 14.3 Å². The molecule has 2 aliphatic heterocycles. The van der Waals surface area contributed by atoms with Crippen LogP contribution in [0.4, 0.5) is 0 Å². The summed E-state index contributed by atoms with van der Waals surface area (Å²) in [6.07, 6.45) is 4.48. The number of carboxylic acids is 1. The number of methoxy groups -OCH3 is 2. The highest BCUT2D eigenvalue weighted by Crippen LogP contribution is 2.44. The van der Waals surface area contributed by atoms with Gasteiger partial charge in [-0.15, -0.1) is 0 Å². The first kappa shape index (κ1) is 16.8.